The molecule has 1 aliphatic rings. The number of amides is 1. The number of benzene rings is 1. The van der Waals surface area contributed by atoms with Crippen molar-refractivity contribution in [2.24, 2.45) is 5.73 Å². The lowest BCUT2D eigenvalue weighted by Crippen LogP contribution is -2.40. The van der Waals surface area contributed by atoms with Crippen LogP contribution in [0.15, 0.2) is 48.2 Å². The van der Waals surface area contributed by atoms with Gasteiger partial charge in [0.05, 0.1) is 18.3 Å². The van der Waals surface area contributed by atoms with Crippen LogP contribution in [0.5, 0.6) is 0 Å². The van der Waals surface area contributed by atoms with Crippen LogP contribution in [0.1, 0.15) is 45.1 Å². The Hall–Kier alpha value is -2.64. The van der Waals surface area contributed by atoms with Gasteiger partial charge in [-0.05, 0) is 25.8 Å². The molecule has 0 saturated heterocycles. The zero-order valence-corrected chi connectivity index (χ0v) is 18.1. The van der Waals surface area contributed by atoms with Gasteiger partial charge >= 0.3 is 0 Å². The van der Waals surface area contributed by atoms with Gasteiger partial charge in [0.1, 0.15) is 5.76 Å². The smallest absolute Gasteiger partial charge is 0.226 e. The van der Waals surface area contributed by atoms with E-state index in [9.17, 15) is 4.79 Å². The molecule has 1 atom stereocenters. The van der Waals surface area contributed by atoms with E-state index in [2.05, 4.69) is 17.4 Å². The van der Waals surface area contributed by atoms with E-state index in [1.165, 1.54) is 0 Å². The van der Waals surface area contributed by atoms with Gasteiger partial charge in [-0.2, -0.15) is 0 Å². The summed E-state index contributed by atoms with van der Waals surface area (Å²) in [5.41, 5.74) is 6.69. The maximum atomic E-state index is 12.1. The number of carbonyl (C=O) groups excluding carboxylic acids is 1. The van der Waals surface area contributed by atoms with Crippen LogP contribution in [-0.4, -0.2) is 43.9 Å². The number of allylic oxidation sites excluding steroid dienone is 2. The topological polar surface area (TPSA) is 107 Å². The third-order valence-electron chi connectivity index (χ3n) is 4.69. The first-order chi connectivity index (χ1) is 14.3. The maximum absolute atomic E-state index is 12.1. The van der Waals surface area contributed by atoms with E-state index >= 15 is 0 Å². The van der Waals surface area contributed by atoms with E-state index in [0.29, 0.717) is 26.1 Å². The highest BCUT2D eigenvalue weighted by Crippen LogP contribution is 2.38. The lowest BCUT2D eigenvalue weighted by molar-refractivity contribution is -0.122. The lowest BCUT2D eigenvalue weighted by atomic mass is 9.84. The summed E-state index contributed by atoms with van der Waals surface area (Å²) in [4.78, 5) is 12.1. The van der Waals surface area contributed by atoms with E-state index in [1.807, 2.05) is 44.2 Å². The minimum absolute atomic E-state index is 0.0291. The summed E-state index contributed by atoms with van der Waals surface area (Å²) in [7, 11) is 1.67. The largest absolute Gasteiger partial charge is 0.497 e. The molecule has 1 amide bonds. The number of ether oxygens (including phenoxy) is 3. The number of nitrogens with one attached hydrogen (secondary N) is 2. The monoisotopic (exact) mass is 415 g/mol. The number of hydrogen-bond donors (Lipinski definition) is 3. The summed E-state index contributed by atoms with van der Waals surface area (Å²) in [5.74, 6) is 0.182. The molecule has 0 heterocycles. The number of nitrogens with two attached hydrogens (primary N) is 1. The van der Waals surface area contributed by atoms with Gasteiger partial charge in [-0.3, -0.25) is 15.5 Å². The van der Waals surface area contributed by atoms with Crippen molar-refractivity contribution in [2.45, 2.75) is 51.2 Å². The fourth-order valence-electron chi connectivity index (χ4n) is 3.48. The van der Waals surface area contributed by atoms with Gasteiger partial charge in [-0.25, -0.2) is 0 Å². The SMILES string of the molecule is COCCCOC1=C(c2ccccc2)C=CC(CCC(=O)NC(=N)N)(OC(C)C)C1. The highest BCUT2D eigenvalue weighted by atomic mass is 16.5. The van der Waals surface area contributed by atoms with Crippen LogP contribution in [0.3, 0.4) is 0 Å². The molecule has 0 saturated carbocycles. The Balaban J connectivity index is 2.25. The zero-order valence-electron chi connectivity index (χ0n) is 18.1. The van der Waals surface area contributed by atoms with Crippen LogP contribution in [0, 0.1) is 5.41 Å². The van der Waals surface area contributed by atoms with Crippen LogP contribution in [-0.2, 0) is 19.0 Å². The Morgan fingerprint density at radius 3 is 2.63 bits per heavy atom. The van der Waals surface area contributed by atoms with E-state index in [0.717, 1.165) is 23.3 Å². The fourth-order valence-corrected chi connectivity index (χ4v) is 3.48. The molecule has 0 aliphatic heterocycles. The molecule has 7 heteroatoms. The number of hydrogen-bond acceptors (Lipinski definition) is 5. The van der Waals surface area contributed by atoms with Crippen LogP contribution in [0.4, 0.5) is 0 Å². The van der Waals surface area contributed by atoms with Crippen molar-refractivity contribution < 1.29 is 19.0 Å². The van der Waals surface area contributed by atoms with Crippen molar-refractivity contribution in [3.8, 4) is 0 Å². The second kappa shape index (κ2) is 11.5. The second-order valence-electron chi connectivity index (χ2n) is 7.60. The summed E-state index contributed by atoms with van der Waals surface area (Å²) in [6, 6.07) is 10.1. The molecule has 1 aromatic rings. The lowest BCUT2D eigenvalue weighted by Gasteiger charge is -2.37. The Morgan fingerprint density at radius 2 is 2.00 bits per heavy atom. The minimum atomic E-state index is -0.669. The third-order valence-corrected chi connectivity index (χ3v) is 4.69. The minimum Gasteiger partial charge on any atom is -0.497 e. The van der Waals surface area contributed by atoms with Gasteiger partial charge in [-0.15, -0.1) is 0 Å². The van der Waals surface area contributed by atoms with E-state index in [-0.39, 0.29) is 24.4 Å². The van der Waals surface area contributed by atoms with Crippen molar-refractivity contribution >= 4 is 17.4 Å². The van der Waals surface area contributed by atoms with Crippen molar-refractivity contribution in [3.05, 3.63) is 53.8 Å². The van der Waals surface area contributed by atoms with Gasteiger partial charge in [0, 0.05) is 38.6 Å². The first-order valence-corrected chi connectivity index (χ1v) is 10.3. The second-order valence-corrected chi connectivity index (χ2v) is 7.60. The first-order valence-electron chi connectivity index (χ1n) is 10.3. The number of carbonyl (C=O) groups is 1. The standard InChI is InChI=1S/C23H33N3O4/c1-17(2)30-23(13-11-21(27)26-22(24)25)12-10-19(18-8-5-4-6-9-18)20(16-23)29-15-7-14-28-3/h4-6,8-10,12,17H,7,11,13-16H2,1-3H3,(H4,24,25,26,27). The molecule has 0 fully saturated rings. The van der Waals surface area contributed by atoms with Crippen molar-refractivity contribution in [3.63, 3.8) is 0 Å². The predicted octanol–water partition coefficient (Wildman–Crippen LogP) is 3.36. The van der Waals surface area contributed by atoms with E-state index in [1.54, 1.807) is 7.11 Å². The summed E-state index contributed by atoms with van der Waals surface area (Å²) < 4.78 is 17.6. The number of methoxy groups -OCH3 is 1. The van der Waals surface area contributed by atoms with Crippen molar-refractivity contribution in [1.29, 1.82) is 5.41 Å². The van der Waals surface area contributed by atoms with Crippen LogP contribution < -0.4 is 11.1 Å². The maximum Gasteiger partial charge on any atom is 0.226 e. The Labute approximate surface area is 178 Å². The summed E-state index contributed by atoms with van der Waals surface area (Å²) in [6.45, 7) is 5.11. The molecule has 7 nitrogen and oxygen atoms in total. The van der Waals surface area contributed by atoms with E-state index in [4.69, 9.17) is 25.4 Å². The molecule has 0 spiro atoms. The van der Waals surface area contributed by atoms with Gasteiger partial charge in [0.25, 0.3) is 0 Å². The van der Waals surface area contributed by atoms with Crippen LogP contribution in [0.2, 0.25) is 0 Å². The third kappa shape index (κ3) is 7.31. The molecule has 0 aromatic heterocycles. The van der Waals surface area contributed by atoms with Gasteiger partial charge in [-0.1, -0.05) is 42.5 Å². The van der Waals surface area contributed by atoms with Gasteiger partial charge in [0.15, 0.2) is 5.96 Å². The van der Waals surface area contributed by atoms with Crippen LogP contribution in [0.25, 0.3) is 5.57 Å². The van der Waals surface area contributed by atoms with Gasteiger partial charge in [0.2, 0.25) is 5.91 Å². The predicted molar refractivity (Wildman–Crippen MR) is 118 cm³/mol. The molecule has 1 unspecified atom stereocenters. The average molecular weight is 416 g/mol. The number of guanidine groups is 1. The molecular weight excluding hydrogens is 382 g/mol. The molecule has 0 radical (unpaired) electrons. The molecule has 1 aromatic carbocycles. The summed E-state index contributed by atoms with van der Waals surface area (Å²) in [6.07, 6.45) is 5.96. The molecule has 30 heavy (non-hydrogen) atoms. The van der Waals surface area contributed by atoms with Gasteiger partial charge < -0.3 is 19.9 Å². The highest BCUT2D eigenvalue weighted by Gasteiger charge is 2.35. The fraction of sp³-hybridized carbons (Fsp3) is 0.478. The van der Waals surface area contributed by atoms with Crippen molar-refractivity contribution in [2.75, 3.05) is 20.3 Å². The molecular formula is C23H33N3O4. The normalized spacial score (nSPS) is 18.5. The molecule has 0 bridgehead atoms. The molecule has 164 valence electrons. The molecule has 1 aliphatic carbocycles. The Morgan fingerprint density at radius 1 is 1.27 bits per heavy atom. The first kappa shape index (κ1) is 23.6. The molecule has 4 N–H and O–H groups in total. The Bertz CT molecular complexity index is 774. The summed E-state index contributed by atoms with van der Waals surface area (Å²) >= 11 is 0. The van der Waals surface area contributed by atoms with E-state index < -0.39 is 5.60 Å². The Kier molecular flexibility index (Phi) is 9.08. The highest BCUT2D eigenvalue weighted by molar-refractivity contribution is 5.94. The molecule has 2 rings (SSSR count). The zero-order chi connectivity index (χ0) is 22.0. The van der Waals surface area contributed by atoms with Crippen LogP contribution >= 0.6 is 0 Å². The summed E-state index contributed by atoms with van der Waals surface area (Å²) in [5, 5.41) is 9.57. The average Bonchev–Trinajstić information content (AvgIpc) is 2.70. The number of rotatable bonds is 11. The quantitative estimate of drug-likeness (QED) is 0.292. The van der Waals surface area contributed by atoms with Crippen molar-refractivity contribution in [1.82, 2.24) is 5.32 Å².